The fourth-order valence-electron chi connectivity index (χ4n) is 4.66. The van der Waals surface area contributed by atoms with Crippen LogP contribution in [-0.2, 0) is 17.4 Å². The van der Waals surface area contributed by atoms with Crippen LogP contribution in [0.2, 0.25) is 0 Å². The Hall–Kier alpha value is -4.34. The molecule has 1 N–H and O–H groups in total. The molecule has 5 rings (SSSR count). The number of nitrogens with one attached hydrogen (secondary N) is 1. The lowest BCUT2D eigenvalue weighted by Crippen LogP contribution is -2.37. The molecule has 0 radical (unpaired) electrons. The van der Waals surface area contributed by atoms with E-state index in [-0.39, 0.29) is 29.6 Å². The van der Waals surface area contributed by atoms with Gasteiger partial charge in [0.25, 0.3) is 5.91 Å². The van der Waals surface area contributed by atoms with E-state index in [0.717, 1.165) is 24.5 Å². The van der Waals surface area contributed by atoms with E-state index in [1.165, 1.54) is 24.5 Å². The first-order valence-corrected chi connectivity index (χ1v) is 12.1. The quantitative estimate of drug-likeness (QED) is 0.327. The number of piperidine rings is 1. The topological polar surface area (TPSA) is 88.6 Å². The molecule has 7 nitrogen and oxygen atoms in total. The summed E-state index contributed by atoms with van der Waals surface area (Å²) in [6.45, 7) is 1.11. The fraction of sp³-hybridized carbons (Fsp3) is 0.250. The smallest absolute Gasteiger partial charge is 0.416 e. The highest BCUT2D eigenvalue weighted by molar-refractivity contribution is 5.93. The highest BCUT2D eigenvalue weighted by atomic mass is 19.4. The summed E-state index contributed by atoms with van der Waals surface area (Å²) < 4.78 is 50.1. The highest BCUT2D eigenvalue weighted by Crippen LogP contribution is 2.33. The molecule has 0 atom stereocenters. The van der Waals surface area contributed by atoms with Crippen molar-refractivity contribution in [3.63, 3.8) is 0 Å². The van der Waals surface area contributed by atoms with E-state index in [4.69, 9.17) is 8.94 Å². The third-order valence-corrected chi connectivity index (χ3v) is 6.62. The summed E-state index contributed by atoms with van der Waals surface area (Å²) in [6, 6.07) is 17.4. The molecule has 38 heavy (non-hydrogen) atoms. The summed E-state index contributed by atoms with van der Waals surface area (Å²) in [6.07, 6.45) is -1.86. The first-order chi connectivity index (χ1) is 18.3. The summed E-state index contributed by atoms with van der Waals surface area (Å²) in [4.78, 5) is 27.0. The molecule has 0 spiro atoms. The molecule has 2 aromatic carbocycles. The Kier molecular flexibility index (Phi) is 7.04. The number of likely N-dealkylation sites (tertiary alicyclic amines) is 1. The molecule has 196 valence electrons. The van der Waals surface area contributed by atoms with Crippen molar-refractivity contribution in [3.05, 3.63) is 95.4 Å². The second kappa shape index (κ2) is 10.6. The Bertz CT molecular complexity index is 1400. The third-order valence-electron chi connectivity index (χ3n) is 6.62. The van der Waals surface area contributed by atoms with Gasteiger partial charge in [0, 0.05) is 24.8 Å². The number of halogens is 3. The zero-order chi connectivity index (χ0) is 26.7. The zero-order valence-corrected chi connectivity index (χ0v) is 20.2. The van der Waals surface area contributed by atoms with Gasteiger partial charge in [-0.25, -0.2) is 0 Å². The van der Waals surface area contributed by atoms with Crippen molar-refractivity contribution in [2.75, 3.05) is 18.4 Å². The van der Waals surface area contributed by atoms with Gasteiger partial charge in [0.05, 0.1) is 18.2 Å². The van der Waals surface area contributed by atoms with E-state index in [9.17, 15) is 22.8 Å². The van der Waals surface area contributed by atoms with Crippen molar-refractivity contribution >= 4 is 17.5 Å². The van der Waals surface area contributed by atoms with E-state index >= 15 is 0 Å². The Morgan fingerprint density at radius 2 is 1.74 bits per heavy atom. The maximum absolute atomic E-state index is 13.2. The number of hydrogen-bond donors (Lipinski definition) is 1. The molecule has 10 heteroatoms. The largest absolute Gasteiger partial charge is 0.463 e. The summed E-state index contributed by atoms with van der Waals surface area (Å²) in [7, 11) is 0. The van der Waals surface area contributed by atoms with E-state index in [0.29, 0.717) is 30.2 Å². The number of alkyl halides is 3. The van der Waals surface area contributed by atoms with Crippen LogP contribution in [-0.4, -0.2) is 35.0 Å². The molecular formula is C28H24F3N3O4. The van der Waals surface area contributed by atoms with Gasteiger partial charge in [-0.15, -0.1) is 0 Å². The van der Waals surface area contributed by atoms with Crippen molar-refractivity contribution in [1.82, 2.24) is 10.1 Å². The number of carbonyl (C=O) groups excluding carboxylic acids is 2. The molecule has 1 saturated heterocycles. The molecule has 1 aliphatic heterocycles. The van der Waals surface area contributed by atoms with Crippen LogP contribution < -0.4 is 5.32 Å². The molecule has 4 aromatic rings. The molecule has 0 unspecified atom stereocenters. The van der Waals surface area contributed by atoms with Crippen LogP contribution in [0.3, 0.4) is 0 Å². The van der Waals surface area contributed by atoms with E-state index < -0.39 is 17.6 Å². The molecule has 2 amide bonds. The lowest BCUT2D eigenvalue weighted by Gasteiger charge is -2.31. The Labute approximate surface area is 216 Å². The molecule has 2 aromatic heterocycles. The van der Waals surface area contributed by atoms with Crippen molar-refractivity contribution < 1.29 is 31.7 Å². The van der Waals surface area contributed by atoms with Gasteiger partial charge in [-0.1, -0.05) is 35.5 Å². The third kappa shape index (κ3) is 5.64. The second-order valence-electron chi connectivity index (χ2n) is 9.12. The first kappa shape index (κ1) is 25.3. The SMILES string of the molecule is O=C(Cc1ccccc1C(F)(F)F)Nc1ccc(C2CCN(C(=O)c3cc(-c4ccco4)no3)CC2)cc1. The number of amides is 2. The van der Waals surface area contributed by atoms with Crippen LogP contribution in [0, 0.1) is 0 Å². The summed E-state index contributed by atoms with van der Waals surface area (Å²) in [5.41, 5.74) is 1.16. The molecule has 0 saturated carbocycles. The summed E-state index contributed by atoms with van der Waals surface area (Å²) in [5.74, 6) is 0.170. The number of anilines is 1. The van der Waals surface area contributed by atoms with E-state index in [1.807, 2.05) is 12.1 Å². The average molecular weight is 524 g/mol. The average Bonchev–Trinajstić information content (AvgIpc) is 3.61. The monoisotopic (exact) mass is 523 g/mol. The number of hydrogen-bond acceptors (Lipinski definition) is 5. The van der Waals surface area contributed by atoms with Crippen LogP contribution >= 0.6 is 0 Å². The lowest BCUT2D eigenvalue weighted by molar-refractivity contribution is -0.138. The Morgan fingerprint density at radius 3 is 2.42 bits per heavy atom. The zero-order valence-electron chi connectivity index (χ0n) is 20.2. The van der Waals surface area contributed by atoms with E-state index in [1.54, 1.807) is 35.2 Å². The van der Waals surface area contributed by atoms with Gasteiger partial charge < -0.3 is 19.2 Å². The van der Waals surface area contributed by atoms with Crippen molar-refractivity contribution in [3.8, 4) is 11.5 Å². The molecule has 1 aliphatic rings. The van der Waals surface area contributed by atoms with Crippen LogP contribution in [0.1, 0.15) is 46.0 Å². The number of aromatic nitrogens is 1. The number of nitrogens with zero attached hydrogens (tertiary/aromatic N) is 2. The summed E-state index contributed by atoms with van der Waals surface area (Å²) >= 11 is 0. The van der Waals surface area contributed by atoms with Gasteiger partial charge in [0.1, 0.15) is 5.69 Å². The fourth-order valence-corrected chi connectivity index (χ4v) is 4.66. The molecule has 3 heterocycles. The van der Waals surface area contributed by atoms with Gasteiger partial charge in [-0.05, 0) is 60.2 Å². The van der Waals surface area contributed by atoms with Gasteiger partial charge in [-0.2, -0.15) is 13.2 Å². The van der Waals surface area contributed by atoms with E-state index in [2.05, 4.69) is 10.5 Å². The van der Waals surface area contributed by atoms with Gasteiger partial charge in [0.2, 0.25) is 11.7 Å². The van der Waals surface area contributed by atoms with Gasteiger partial charge >= 0.3 is 6.18 Å². The number of furan rings is 1. The van der Waals surface area contributed by atoms with Gasteiger partial charge in [0.15, 0.2) is 5.76 Å². The number of benzene rings is 2. The van der Waals surface area contributed by atoms with Crippen LogP contribution in [0.15, 0.2) is 81.9 Å². The minimum absolute atomic E-state index is 0.0713. The van der Waals surface area contributed by atoms with Crippen LogP contribution in [0.25, 0.3) is 11.5 Å². The standard InChI is InChI=1S/C28H24F3N3O4/c29-28(30,31)22-5-2-1-4-20(22)16-26(35)32-21-9-7-18(8-10-21)19-11-13-34(14-12-19)27(36)25-17-23(33-38-25)24-6-3-15-37-24/h1-10,15,17,19H,11-14,16H2,(H,32,35). The van der Waals surface area contributed by atoms with Crippen LogP contribution in [0.5, 0.6) is 0 Å². The molecule has 0 aliphatic carbocycles. The second-order valence-corrected chi connectivity index (χ2v) is 9.12. The van der Waals surface area contributed by atoms with Crippen LogP contribution in [0.4, 0.5) is 18.9 Å². The van der Waals surface area contributed by atoms with Crippen molar-refractivity contribution in [2.45, 2.75) is 31.4 Å². The van der Waals surface area contributed by atoms with Gasteiger partial charge in [-0.3, -0.25) is 9.59 Å². The highest BCUT2D eigenvalue weighted by Gasteiger charge is 2.33. The maximum Gasteiger partial charge on any atom is 0.416 e. The summed E-state index contributed by atoms with van der Waals surface area (Å²) in [5, 5.41) is 6.58. The number of rotatable bonds is 6. The minimum atomic E-state index is -4.52. The number of carbonyl (C=O) groups is 2. The molecule has 0 bridgehead atoms. The Morgan fingerprint density at radius 1 is 1.00 bits per heavy atom. The normalized spacial score (nSPS) is 14.4. The molecular weight excluding hydrogens is 499 g/mol. The lowest BCUT2D eigenvalue weighted by atomic mass is 9.89. The molecule has 1 fully saturated rings. The van der Waals surface area contributed by atoms with Crippen molar-refractivity contribution in [1.29, 1.82) is 0 Å². The predicted molar refractivity (Wildman–Crippen MR) is 132 cm³/mol. The van der Waals surface area contributed by atoms with Crippen molar-refractivity contribution in [2.24, 2.45) is 0 Å². The minimum Gasteiger partial charge on any atom is -0.463 e. The first-order valence-electron chi connectivity index (χ1n) is 12.1. The predicted octanol–water partition coefficient (Wildman–Crippen LogP) is 6.15. The Balaban J connectivity index is 1.14. The maximum atomic E-state index is 13.2.